The highest BCUT2D eigenvalue weighted by molar-refractivity contribution is 8.00. The summed E-state index contributed by atoms with van der Waals surface area (Å²) in [5, 5.41) is 8.56. The predicted octanol–water partition coefficient (Wildman–Crippen LogP) is 7.21. The maximum absolute atomic E-state index is 13.7. The van der Waals surface area contributed by atoms with Gasteiger partial charge in [0.2, 0.25) is 5.91 Å². The van der Waals surface area contributed by atoms with E-state index < -0.39 is 23.0 Å². The van der Waals surface area contributed by atoms with E-state index in [4.69, 9.17) is 14.2 Å². The van der Waals surface area contributed by atoms with Crippen molar-refractivity contribution in [1.82, 2.24) is 5.32 Å². The molecule has 3 aromatic carbocycles. The van der Waals surface area contributed by atoms with Gasteiger partial charge in [0.05, 0.1) is 32.1 Å². The molecule has 3 amide bonds. The average molecular weight is 714 g/mol. The first-order chi connectivity index (χ1) is 24.1. The molecule has 2 atom stereocenters. The van der Waals surface area contributed by atoms with Crippen molar-refractivity contribution in [2.24, 2.45) is 5.92 Å². The van der Waals surface area contributed by atoms with Crippen molar-refractivity contribution < 1.29 is 33.4 Å². The van der Waals surface area contributed by atoms with Crippen LogP contribution in [0.3, 0.4) is 0 Å². The van der Waals surface area contributed by atoms with Crippen molar-refractivity contribution in [2.45, 2.75) is 43.3 Å². The molecule has 0 saturated carbocycles. The summed E-state index contributed by atoms with van der Waals surface area (Å²) in [5.74, 6) is -0.201. The predicted molar refractivity (Wildman–Crippen MR) is 197 cm³/mol. The fourth-order valence-corrected chi connectivity index (χ4v) is 7.84. The fraction of sp³-hybridized carbons (Fsp3) is 0.263. The van der Waals surface area contributed by atoms with E-state index in [0.717, 1.165) is 34.6 Å². The van der Waals surface area contributed by atoms with Gasteiger partial charge < -0.3 is 30.2 Å². The van der Waals surface area contributed by atoms with Crippen LogP contribution in [0.2, 0.25) is 0 Å². The number of carbonyl (C=O) groups is 4. The van der Waals surface area contributed by atoms with Gasteiger partial charge >= 0.3 is 5.97 Å². The third-order valence-corrected chi connectivity index (χ3v) is 10.4. The fourth-order valence-electron chi connectivity index (χ4n) is 5.51. The third kappa shape index (κ3) is 8.74. The molecule has 50 heavy (non-hydrogen) atoms. The molecule has 12 heteroatoms. The second-order valence-electron chi connectivity index (χ2n) is 11.8. The second kappa shape index (κ2) is 16.6. The number of esters is 1. The van der Waals surface area contributed by atoms with Crippen LogP contribution >= 0.6 is 23.1 Å². The Bertz CT molecular complexity index is 1920. The van der Waals surface area contributed by atoms with Crippen LogP contribution in [-0.4, -0.2) is 50.3 Å². The number of nitrogens with one attached hydrogen (secondary N) is 3. The monoisotopic (exact) mass is 713 g/mol. The summed E-state index contributed by atoms with van der Waals surface area (Å²) in [6, 6.07) is 20.8. The van der Waals surface area contributed by atoms with Crippen LogP contribution in [0.4, 0.5) is 10.7 Å². The van der Waals surface area contributed by atoms with Crippen molar-refractivity contribution in [1.29, 1.82) is 0 Å². The Balaban J connectivity index is 1.33. The van der Waals surface area contributed by atoms with Gasteiger partial charge in [0.1, 0.15) is 22.2 Å². The molecule has 0 radical (unpaired) electrons. The number of hydrogen-bond donors (Lipinski definition) is 3. The van der Waals surface area contributed by atoms with Gasteiger partial charge in [0.15, 0.2) is 0 Å². The van der Waals surface area contributed by atoms with Gasteiger partial charge in [-0.15, -0.1) is 23.1 Å². The smallest absolute Gasteiger partial charge is 0.341 e. The van der Waals surface area contributed by atoms with Crippen molar-refractivity contribution in [3.63, 3.8) is 0 Å². The lowest BCUT2D eigenvalue weighted by Crippen LogP contribution is -2.30. The molecule has 0 fully saturated rings. The number of thioether (sulfide) groups is 1. The number of benzene rings is 3. The molecule has 0 spiro atoms. The van der Waals surface area contributed by atoms with E-state index >= 15 is 0 Å². The van der Waals surface area contributed by atoms with Gasteiger partial charge in [-0.05, 0) is 86.2 Å². The lowest BCUT2D eigenvalue weighted by Gasteiger charge is -2.18. The molecular formula is C38H39N3O7S2. The molecule has 0 bridgehead atoms. The van der Waals surface area contributed by atoms with Gasteiger partial charge in [-0.2, -0.15) is 0 Å². The summed E-state index contributed by atoms with van der Waals surface area (Å²) in [6.45, 7) is 3.96. The zero-order valence-corrected chi connectivity index (χ0v) is 30.1. The van der Waals surface area contributed by atoms with Crippen LogP contribution < -0.4 is 25.4 Å². The number of rotatable bonds is 12. The van der Waals surface area contributed by atoms with Crippen LogP contribution in [0, 0.1) is 5.92 Å². The normalized spacial score (nSPS) is 14.5. The number of amides is 3. The number of ether oxygens (including phenoxy) is 3. The molecule has 1 aliphatic rings. The Morgan fingerprint density at radius 2 is 1.72 bits per heavy atom. The van der Waals surface area contributed by atoms with Gasteiger partial charge in [0.25, 0.3) is 11.8 Å². The summed E-state index contributed by atoms with van der Waals surface area (Å²) in [5.41, 5.74) is 2.80. The second-order valence-corrected chi connectivity index (χ2v) is 14.3. The quantitative estimate of drug-likeness (QED) is 0.0798. The van der Waals surface area contributed by atoms with Gasteiger partial charge in [-0.3, -0.25) is 14.4 Å². The minimum atomic E-state index is -0.564. The molecule has 3 N–H and O–H groups in total. The standard InChI is InChI=1S/C38H39N3O7S2/c1-22-14-17-29-32(18-22)50-37(33(29)38(45)48-5)41-34(42)23(2)49-28-13-9-12-26(20-28)39-36(44)30(40-35(43)24-10-7-6-8-11-24)19-25-15-16-27(46-3)21-31(25)47-4/h6-13,15-16,19-23H,14,17-18H2,1-5H3,(H,39,44)(H,40,43)(H,41,42)/b30-19+. The number of hydrogen-bond acceptors (Lipinski definition) is 9. The molecule has 2 unspecified atom stereocenters. The minimum Gasteiger partial charge on any atom is -0.497 e. The number of methoxy groups -OCH3 is 3. The van der Waals surface area contributed by atoms with Crippen molar-refractivity contribution in [2.75, 3.05) is 32.0 Å². The van der Waals surface area contributed by atoms with E-state index in [0.29, 0.717) is 44.8 Å². The number of anilines is 2. The highest BCUT2D eigenvalue weighted by Gasteiger charge is 2.30. The number of fused-ring (bicyclic) bond motifs is 1. The first kappa shape index (κ1) is 36.2. The molecule has 0 saturated heterocycles. The highest BCUT2D eigenvalue weighted by Crippen LogP contribution is 2.40. The zero-order chi connectivity index (χ0) is 35.8. The molecule has 0 aliphatic heterocycles. The Hall–Kier alpha value is -5.07. The molecule has 1 aliphatic carbocycles. The third-order valence-electron chi connectivity index (χ3n) is 8.18. The molecule has 5 rings (SSSR count). The molecule has 260 valence electrons. The Morgan fingerprint density at radius 3 is 2.44 bits per heavy atom. The summed E-state index contributed by atoms with van der Waals surface area (Å²) in [4.78, 5) is 54.8. The van der Waals surface area contributed by atoms with Crippen LogP contribution in [0.1, 0.15) is 57.0 Å². The molecular weight excluding hydrogens is 675 g/mol. The summed E-state index contributed by atoms with van der Waals surface area (Å²) in [6.07, 6.45) is 4.15. The molecule has 10 nitrogen and oxygen atoms in total. The zero-order valence-electron chi connectivity index (χ0n) is 28.5. The Kier molecular flexibility index (Phi) is 12.0. The maximum Gasteiger partial charge on any atom is 0.341 e. The lowest BCUT2D eigenvalue weighted by atomic mass is 9.88. The van der Waals surface area contributed by atoms with Crippen LogP contribution in [0.15, 0.2) is 83.4 Å². The van der Waals surface area contributed by atoms with E-state index in [9.17, 15) is 19.2 Å². The Labute approximate surface area is 299 Å². The van der Waals surface area contributed by atoms with Crippen LogP contribution in [0.5, 0.6) is 11.5 Å². The van der Waals surface area contributed by atoms with Crippen molar-refractivity contribution in [3.05, 3.63) is 106 Å². The number of carbonyl (C=O) groups excluding carboxylic acids is 4. The van der Waals surface area contributed by atoms with Crippen molar-refractivity contribution >= 4 is 63.6 Å². The molecule has 1 aromatic heterocycles. The van der Waals surface area contributed by atoms with E-state index in [1.165, 1.54) is 43.4 Å². The van der Waals surface area contributed by atoms with Gasteiger partial charge in [0, 0.05) is 32.7 Å². The van der Waals surface area contributed by atoms with Gasteiger partial charge in [-0.25, -0.2) is 4.79 Å². The summed E-state index contributed by atoms with van der Waals surface area (Å²) in [7, 11) is 4.39. The van der Waals surface area contributed by atoms with Gasteiger partial charge in [-0.1, -0.05) is 31.2 Å². The van der Waals surface area contributed by atoms with Crippen LogP contribution in [-0.2, 0) is 27.2 Å². The van der Waals surface area contributed by atoms with E-state index in [-0.39, 0.29) is 11.6 Å². The summed E-state index contributed by atoms with van der Waals surface area (Å²) >= 11 is 2.75. The first-order valence-corrected chi connectivity index (χ1v) is 17.7. The topological polar surface area (TPSA) is 132 Å². The molecule has 4 aromatic rings. The largest absolute Gasteiger partial charge is 0.497 e. The minimum absolute atomic E-state index is 0.0115. The average Bonchev–Trinajstić information content (AvgIpc) is 3.47. The lowest BCUT2D eigenvalue weighted by molar-refractivity contribution is -0.115. The highest BCUT2D eigenvalue weighted by atomic mass is 32.2. The first-order valence-electron chi connectivity index (χ1n) is 16.0. The SMILES string of the molecule is COC(=O)c1c(NC(=O)C(C)Sc2cccc(NC(=O)/C(=C\c3ccc(OC)cc3OC)NC(=O)c3ccccc3)c2)sc2c1CCC(C)C2. The maximum atomic E-state index is 13.7. The van der Waals surface area contributed by atoms with Crippen LogP contribution in [0.25, 0.3) is 6.08 Å². The van der Waals surface area contributed by atoms with E-state index in [2.05, 4.69) is 22.9 Å². The Morgan fingerprint density at radius 1 is 0.940 bits per heavy atom. The van der Waals surface area contributed by atoms with Crippen molar-refractivity contribution in [3.8, 4) is 11.5 Å². The molecule has 1 heterocycles. The number of thiophene rings is 1. The van der Waals surface area contributed by atoms with E-state index in [1.807, 2.05) is 6.07 Å². The van der Waals surface area contributed by atoms with E-state index in [1.54, 1.807) is 80.8 Å². The summed E-state index contributed by atoms with van der Waals surface area (Å²) < 4.78 is 15.9.